The van der Waals surface area contributed by atoms with Crippen LogP contribution in [-0.4, -0.2) is 16.6 Å². The first kappa shape index (κ1) is 20.5. The molecule has 0 unspecified atom stereocenters. The third kappa shape index (κ3) is 4.87. The smallest absolute Gasteiger partial charge is 0.368 e. The molecule has 0 aliphatic carbocycles. The first-order valence-corrected chi connectivity index (χ1v) is 10.0. The number of ether oxygens (including phenoxy) is 1. The fourth-order valence-corrected chi connectivity index (χ4v) is 3.36. The predicted octanol–water partition coefficient (Wildman–Crippen LogP) is 5.28. The van der Waals surface area contributed by atoms with Gasteiger partial charge in [0.25, 0.3) is 5.69 Å². The lowest BCUT2D eigenvalue weighted by molar-refractivity contribution is -0.384. The van der Waals surface area contributed by atoms with Crippen LogP contribution in [0.2, 0.25) is 0 Å². The number of rotatable bonds is 6. The molecule has 0 aromatic heterocycles. The molecule has 0 N–H and O–H groups in total. The van der Waals surface area contributed by atoms with Gasteiger partial charge in [0.05, 0.1) is 10.5 Å². The van der Waals surface area contributed by atoms with Crippen molar-refractivity contribution in [3.63, 3.8) is 0 Å². The van der Waals surface area contributed by atoms with Gasteiger partial charge in [0.2, 0.25) is 0 Å². The highest BCUT2D eigenvalue weighted by molar-refractivity contribution is 9.10. The number of halogens is 1. The van der Waals surface area contributed by atoms with E-state index in [0.29, 0.717) is 17.0 Å². The SMILES string of the molecule is O=C1ON=C(c2cccc(Br)c2)/C1=C/c1ccc(OCc2ccc([N+](=O)[O-])cc2)cc1. The second-order valence-corrected chi connectivity index (χ2v) is 7.58. The maximum Gasteiger partial charge on any atom is 0.368 e. The van der Waals surface area contributed by atoms with Gasteiger partial charge in [-0.2, -0.15) is 0 Å². The molecule has 0 radical (unpaired) electrons. The molecule has 0 spiro atoms. The summed E-state index contributed by atoms with van der Waals surface area (Å²) in [5, 5.41) is 14.6. The lowest BCUT2D eigenvalue weighted by atomic mass is 10.0. The molecule has 0 bridgehead atoms. The van der Waals surface area contributed by atoms with E-state index in [1.54, 1.807) is 30.3 Å². The van der Waals surface area contributed by atoms with Crippen LogP contribution in [0.1, 0.15) is 16.7 Å². The van der Waals surface area contributed by atoms with Gasteiger partial charge in [0.15, 0.2) is 0 Å². The number of nitro groups is 1. The van der Waals surface area contributed by atoms with E-state index < -0.39 is 10.9 Å². The Labute approximate surface area is 185 Å². The summed E-state index contributed by atoms with van der Waals surface area (Å²) in [5.41, 5.74) is 3.27. The Bertz CT molecular complexity index is 1200. The fourth-order valence-electron chi connectivity index (χ4n) is 2.96. The van der Waals surface area contributed by atoms with Crippen LogP contribution in [-0.2, 0) is 16.2 Å². The maximum absolute atomic E-state index is 12.2. The maximum atomic E-state index is 12.2. The van der Waals surface area contributed by atoms with Crippen LogP contribution in [0.15, 0.2) is 88.0 Å². The van der Waals surface area contributed by atoms with Gasteiger partial charge in [-0.3, -0.25) is 10.1 Å². The largest absolute Gasteiger partial charge is 0.489 e. The second kappa shape index (κ2) is 8.93. The molecule has 0 saturated heterocycles. The second-order valence-electron chi connectivity index (χ2n) is 6.67. The van der Waals surface area contributed by atoms with E-state index in [0.717, 1.165) is 21.2 Å². The Balaban J connectivity index is 1.46. The van der Waals surface area contributed by atoms with Gasteiger partial charge in [-0.25, -0.2) is 4.79 Å². The molecular formula is C23H15BrN2O5. The zero-order chi connectivity index (χ0) is 21.8. The van der Waals surface area contributed by atoms with E-state index in [9.17, 15) is 14.9 Å². The van der Waals surface area contributed by atoms with Crippen molar-refractivity contribution in [3.8, 4) is 5.75 Å². The molecule has 0 saturated carbocycles. The molecule has 0 atom stereocenters. The van der Waals surface area contributed by atoms with Gasteiger partial charge in [0, 0.05) is 22.2 Å². The summed E-state index contributed by atoms with van der Waals surface area (Å²) in [5.74, 6) is 0.129. The molecule has 1 heterocycles. The lowest BCUT2D eigenvalue weighted by Crippen LogP contribution is -2.06. The number of hydrogen-bond donors (Lipinski definition) is 0. The minimum atomic E-state index is -0.506. The van der Waals surface area contributed by atoms with Crippen LogP contribution in [0.3, 0.4) is 0 Å². The topological polar surface area (TPSA) is 91.0 Å². The number of hydrogen-bond acceptors (Lipinski definition) is 6. The summed E-state index contributed by atoms with van der Waals surface area (Å²) in [6, 6.07) is 20.9. The number of non-ortho nitro benzene ring substituents is 1. The van der Waals surface area contributed by atoms with E-state index in [-0.39, 0.29) is 12.3 Å². The molecule has 4 rings (SSSR count). The lowest BCUT2D eigenvalue weighted by Gasteiger charge is -2.07. The Morgan fingerprint density at radius 2 is 1.81 bits per heavy atom. The van der Waals surface area contributed by atoms with E-state index in [1.165, 1.54) is 12.1 Å². The Hall–Kier alpha value is -3.78. The van der Waals surface area contributed by atoms with E-state index >= 15 is 0 Å². The average Bonchev–Trinajstić information content (AvgIpc) is 3.13. The van der Waals surface area contributed by atoms with Gasteiger partial charge < -0.3 is 9.57 Å². The third-order valence-electron chi connectivity index (χ3n) is 4.54. The summed E-state index contributed by atoms with van der Waals surface area (Å²) in [4.78, 5) is 27.3. The van der Waals surface area contributed by atoms with Crippen LogP contribution in [0.5, 0.6) is 5.75 Å². The van der Waals surface area contributed by atoms with Gasteiger partial charge in [-0.05, 0) is 53.6 Å². The standard InChI is InChI=1S/C23H15BrN2O5/c24-18-3-1-2-17(13-18)22-21(23(27)31-25-22)12-15-6-10-20(11-7-15)30-14-16-4-8-19(9-5-16)26(28)29/h1-13H,14H2/b21-12-. The number of carbonyl (C=O) groups excluding carboxylic acids is 1. The minimum absolute atomic E-state index is 0.0392. The molecule has 31 heavy (non-hydrogen) atoms. The van der Waals surface area contributed by atoms with Crippen LogP contribution in [0.4, 0.5) is 5.69 Å². The van der Waals surface area contributed by atoms with Crippen molar-refractivity contribution in [3.05, 3.63) is 110 Å². The van der Waals surface area contributed by atoms with Crippen LogP contribution < -0.4 is 4.74 Å². The zero-order valence-corrected chi connectivity index (χ0v) is 17.6. The molecule has 0 amide bonds. The molecular weight excluding hydrogens is 464 g/mol. The number of nitro benzene ring substituents is 1. The third-order valence-corrected chi connectivity index (χ3v) is 5.03. The highest BCUT2D eigenvalue weighted by atomic mass is 79.9. The summed E-state index contributed by atoms with van der Waals surface area (Å²) in [7, 11) is 0. The van der Waals surface area contributed by atoms with Gasteiger partial charge in [-0.1, -0.05) is 45.4 Å². The van der Waals surface area contributed by atoms with Crippen LogP contribution in [0, 0.1) is 10.1 Å². The Kier molecular flexibility index (Phi) is 5.90. The summed E-state index contributed by atoms with van der Waals surface area (Å²) in [6.07, 6.45) is 1.72. The van der Waals surface area contributed by atoms with Gasteiger partial charge >= 0.3 is 5.97 Å². The normalized spacial score (nSPS) is 14.3. The van der Waals surface area contributed by atoms with E-state index in [2.05, 4.69) is 21.1 Å². The molecule has 3 aromatic carbocycles. The van der Waals surface area contributed by atoms with E-state index in [4.69, 9.17) is 9.57 Å². The fraction of sp³-hybridized carbons (Fsp3) is 0.0435. The predicted molar refractivity (Wildman–Crippen MR) is 119 cm³/mol. The quantitative estimate of drug-likeness (QED) is 0.208. The van der Waals surface area contributed by atoms with Gasteiger partial charge in [0.1, 0.15) is 18.1 Å². The van der Waals surface area contributed by atoms with Crippen molar-refractivity contribution in [2.75, 3.05) is 0 Å². The number of carbonyl (C=O) groups is 1. The summed E-state index contributed by atoms with van der Waals surface area (Å²) in [6.45, 7) is 0.282. The zero-order valence-electron chi connectivity index (χ0n) is 16.0. The van der Waals surface area contributed by atoms with Gasteiger partial charge in [-0.15, -0.1) is 0 Å². The molecule has 1 aliphatic rings. The van der Waals surface area contributed by atoms with Crippen molar-refractivity contribution >= 4 is 39.4 Å². The number of benzene rings is 3. The Morgan fingerprint density at radius 3 is 2.48 bits per heavy atom. The van der Waals surface area contributed by atoms with Crippen molar-refractivity contribution in [2.45, 2.75) is 6.61 Å². The number of oxime groups is 1. The summed E-state index contributed by atoms with van der Waals surface area (Å²) >= 11 is 3.42. The minimum Gasteiger partial charge on any atom is -0.489 e. The highest BCUT2D eigenvalue weighted by Crippen LogP contribution is 2.24. The molecule has 3 aromatic rings. The Morgan fingerprint density at radius 1 is 1.06 bits per heavy atom. The summed E-state index contributed by atoms with van der Waals surface area (Å²) < 4.78 is 6.61. The van der Waals surface area contributed by atoms with Crippen molar-refractivity contribution in [1.82, 2.24) is 0 Å². The van der Waals surface area contributed by atoms with Crippen molar-refractivity contribution in [2.24, 2.45) is 5.16 Å². The number of nitrogens with zero attached hydrogens (tertiary/aromatic N) is 2. The van der Waals surface area contributed by atoms with E-state index in [1.807, 2.05) is 36.4 Å². The highest BCUT2D eigenvalue weighted by Gasteiger charge is 2.26. The first-order chi connectivity index (χ1) is 15.0. The monoisotopic (exact) mass is 478 g/mol. The molecule has 1 aliphatic heterocycles. The average molecular weight is 479 g/mol. The molecule has 0 fully saturated rings. The molecule has 8 heteroatoms. The first-order valence-electron chi connectivity index (χ1n) is 9.23. The van der Waals surface area contributed by atoms with Crippen molar-refractivity contribution < 1.29 is 19.3 Å². The van der Waals surface area contributed by atoms with Crippen LogP contribution >= 0.6 is 15.9 Å². The van der Waals surface area contributed by atoms with Crippen molar-refractivity contribution in [1.29, 1.82) is 0 Å². The van der Waals surface area contributed by atoms with Crippen LogP contribution in [0.25, 0.3) is 6.08 Å². The molecule has 154 valence electrons. The molecule has 7 nitrogen and oxygen atoms in total.